The second-order valence-corrected chi connectivity index (χ2v) is 8.23. The number of hydrogen-bond acceptors (Lipinski definition) is 4. The zero-order chi connectivity index (χ0) is 23.8. The lowest BCUT2D eigenvalue weighted by molar-refractivity contribution is 0.179. The van der Waals surface area contributed by atoms with Crippen LogP contribution in [0.1, 0.15) is 49.4 Å². The number of nitrogens with zero attached hydrogens (tertiary/aromatic N) is 3. The SMILES string of the molecule is CCNC(=NCc1c(C)nn(-c2ccccc2)c1C)NCC(O)c1cccc(OC(C)C)c1.I. The van der Waals surface area contributed by atoms with Gasteiger partial charge in [0.15, 0.2) is 5.96 Å². The van der Waals surface area contributed by atoms with E-state index in [0.717, 1.165) is 40.5 Å². The van der Waals surface area contributed by atoms with Gasteiger partial charge in [0.05, 0.1) is 30.1 Å². The fourth-order valence-electron chi connectivity index (χ4n) is 3.60. The largest absolute Gasteiger partial charge is 0.491 e. The van der Waals surface area contributed by atoms with E-state index in [9.17, 15) is 5.11 Å². The Morgan fingerprint density at radius 1 is 1.09 bits per heavy atom. The number of benzene rings is 2. The van der Waals surface area contributed by atoms with Crippen molar-refractivity contribution >= 4 is 29.9 Å². The third-order valence-corrected chi connectivity index (χ3v) is 5.26. The maximum absolute atomic E-state index is 10.7. The molecule has 34 heavy (non-hydrogen) atoms. The third-order valence-electron chi connectivity index (χ3n) is 5.26. The number of aliphatic hydroxyl groups is 1. The number of hydrogen-bond donors (Lipinski definition) is 3. The highest BCUT2D eigenvalue weighted by molar-refractivity contribution is 14.0. The number of guanidine groups is 1. The van der Waals surface area contributed by atoms with Crippen LogP contribution in [0, 0.1) is 13.8 Å². The monoisotopic (exact) mass is 577 g/mol. The molecule has 0 amide bonds. The number of ether oxygens (including phenoxy) is 1. The lowest BCUT2D eigenvalue weighted by Crippen LogP contribution is -2.39. The molecule has 1 heterocycles. The number of aryl methyl sites for hydroxylation is 1. The Morgan fingerprint density at radius 3 is 2.50 bits per heavy atom. The maximum Gasteiger partial charge on any atom is 0.191 e. The Balaban J connectivity index is 0.00000408. The molecular formula is C26H36IN5O2. The Hall–Kier alpha value is -2.59. The molecule has 1 unspecified atom stereocenters. The molecule has 3 N–H and O–H groups in total. The zero-order valence-electron chi connectivity index (χ0n) is 20.6. The van der Waals surface area contributed by atoms with E-state index in [1.54, 1.807) is 0 Å². The first-order valence-corrected chi connectivity index (χ1v) is 11.5. The summed E-state index contributed by atoms with van der Waals surface area (Å²) in [5, 5.41) is 21.9. The molecule has 1 aromatic heterocycles. The highest BCUT2D eigenvalue weighted by Crippen LogP contribution is 2.20. The molecule has 0 saturated carbocycles. The molecular weight excluding hydrogens is 541 g/mol. The highest BCUT2D eigenvalue weighted by Gasteiger charge is 2.14. The summed E-state index contributed by atoms with van der Waals surface area (Å²) < 4.78 is 7.69. The standard InChI is InChI=1S/C26H35N5O2.HI/c1-6-27-26(29-17-25(32)21-11-10-14-23(15-21)33-18(2)3)28-16-24-19(4)30-31(20(24)5)22-12-8-7-9-13-22;/h7-15,18,25,32H,6,16-17H2,1-5H3,(H2,27,28,29);1H. The molecule has 8 heteroatoms. The van der Waals surface area contributed by atoms with Crippen LogP contribution in [0.25, 0.3) is 5.69 Å². The number of aromatic nitrogens is 2. The van der Waals surface area contributed by atoms with E-state index in [1.807, 2.05) is 87.0 Å². The zero-order valence-corrected chi connectivity index (χ0v) is 22.9. The second-order valence-electron chi connectivity index (χ2n) is 8.23. The van der Waals surface area contributed by atoms with Crippen LogP contribution in [0.5, 0.6) is 5.75 Å². The maximum atomic E-state index is 10.7. The van der Waals surface area contributed by atoms with E-state index in [2.05, 4.69) is 17.6 Å². The Labute approximate surface area is 219 Å². The van der Waals surface area contributed by atoms with Crippen molar-refractivity contribution in [2.75, 3.05) is 13.1 Å². The van der Waals surface area contributed by atoms with Gasteiger partial charge in [-0.3, -0.25) is 0 Å². The average molecular weight is 578 g/mol. The van der Waals surface area contributed by atoms with Crippen molar-refractivity contribution in [1.82, 2.24) is 20.4 Å². The summed E-state index contributed by atoms with van der Waals surface area (Å²) in [5.41, 5.74) is 4.95. The van der Waals surface area contributed by atoms with Crippen molar-refractivity contribution < 1.29 is 9.84 Å². The highest BCUT2D eigenvalue weighted by atomic mass is 127. The van der Waals surface area contributed by atoms with Gasteiger partial charge in [0, 0.05) is 24.3 Å². The third kappa shape index (κ3) is 7.46. The van der Waals surface area contributed by atoms with Crippen molar-refractivity contribution in [2.24, 2.45) is 4.99 Å². The van der Waals surface area contributed by atoms with Crippen LogP contribution in [0.3, 0.4) is 0 Å². The Kier molecular flexibility index (Phi) is 10.8. The Bertz CT molecular complexity index is 1070. The van der Waals surface area contributed by atoms with Crippen molar-refractivity contribution in [3.05, 3.63) is 77.1 Å². The van der Waals surface area contributed by atoms with Gasteiger partial charge in [-0.2, -0.15) is 5.10 Å². The topological polar surface area (TPSA) is 83.7 Å². The van der Waals surface area contributed by atoms with E-state index < -0.39 is 6.10 Å². The summed E-state index contributed by atoms with van der Waals surface area (Å²) in [6.45, 7) is 11.6. The number of aliphatic hydroxyl groups excluding tert-OH is 1. The van der Waals surface area contributed by atoms with E-state index in [4.69, 9.17) is 14.8 Å². The Morgan fingerprint density at radius 2 is 1.82 bits per heavy atom. The number of nitrogens with one attached hydrogen (secondary N) is 2. The normalized spacial score (nSPS) is 12.3. The first kappa shape index (κ1) is 27.7. The summed E-state index contributed by atoms with van der Waals surface area (Å²) in [5.74, 6) is 1.40. The van der Waals surface area contributed by atoms with Gasteiger partial charge in [0.25, 0.3) is 0 Å². The van der Waals surface area contributed by atoms with Crippen LogP contribution < -0.4 is 15.4 Å². The molecule has 1 atom stereocenters. The molecule has 0 radical (unpaired) electrons. The van der Waals surface area contributed by atoms with Gasteiger partial charge < -0.3 is 20.5 Å². The van der Waals surface area contributed by atoms with Crippen LogP contribution >= 0.6 is 24.0 Å². The molecule has 0 aliphatic carbocycles. The van der Waals surface area contributed by atoms with Gasteiger partial charge in [0.1, 0.15) is 5.75 Å². The molecule has 0 aliphatic rings. The fraction of sp³-hybridized carbons (Fsp3) is 0.385. The van der Waals surface area contributed by atoms with Crippen LogP contribution in [0.4, 0.5) is 0 Å². The smallest absolute Gasteiger partial charge is 0.191 e. The van der Waals surface area contributed by atoms with Crippen LogP contribution in [-0.2, 0) is 6.54 Å². The van der Waals surface area contributed by atoms with Crippen molar-refractivity contribution in [3.63, 3.8) is 0 Å². The molecule has 0 aliphatic heterocycles. The van der Waals surface area contributed by atoms with Gasteiger partial charge >= 0.3 is 0 Å². The van der Waals surface area contributed by atoms with E-state index in [0.29, 0.717) is 19.0 Å². The molecule has 2 aromatic carbocycles. The molecule has 3 aromatic rings. The molecule has 0 bridgehead atoms. The van der Waals surface area contributed by atoms with Crippen LogP contribution in [0.15, 0.2) is 59.6 Å². The van der Waals surface area contributed by atoms with Gasteiger partial charge in [-0.1, -0.05) is 30.3 Å². The summed E-state index contributed by atoms with van der Waals surface area (Å²) in [6, 6.07) is 17.7. The van der Waals surface area contributed by atoms with Gasteiger partial charge in [-0.25, -0.2) is 9.67 Å². The first-order valence-electron chi connectivity index (χ1n) is 11.5. The number of rotatable bonds is 9. The molecule has 0 spiro atoms. The van der Waals surface area contributed by atoms with Gasteiger partial charge in [-0.05, 0) is 64.4 Å². The molecule has 184 valence electrons. The predicted octanol–water partition coefficient (Wildman–Crippen LogP) is 4.68. The molecule has 0 saturated heterocycles. The van der Waals surface area contributed by atoms with Crippen molar-refractivity contribution in [3.8, 4) is 11.4 Å². The molecule has 0 fully saturated rings. The van der Waals surface area contributed by atoms with Gasteiger partial charge in [-0.15, -0.1) is 24.0 Å². The summed E-state index contributed by atoms with van der Waals surface area (Å²) >= 11 is 0. The summed E-state index contributed by atoms with van der Waals surface area (Å²) in [6.07, 6.45) is -0.602. The average Bonchev–Trinajstić information content (AvgIpc) is 3.09. The van der Waals surface area contributed by atoms with Crippen molar-refractivity contribution in [1.29, 1.82) is 0 Å². The van der Waals surface area contributed by atoms with E-state index >= 15 is 0 Å². The minimum Gasteiger partial charge on any atom is -0.491 e. The van der Waals surface area contributed by atoms with E-state index in [1.165, 1.54) is 0 Å². The van der Waals surface area contributed by atoms with Crippen molar-refractivity contribution in [2.45, 2.75) is 53.4 Å². The van der Waals surface area contributed by atoms with Crippen LogP contribution in [0.2, 0.25) is 0 Å². The van der Waals surface area contributed by atoms with Gasteiger partial charge in [0.2, 0.25) is 0 Å². The quantitative estimate of drug-likeness (QED) is 0.196. The molecule has 7 nitrogen and oxygen atoms in total. The van der Waals surface area contributed by atoms with E-state index in [-0.39, 0.29) is 30.1 Å². The minimum absolute atomic E-state index is 0. The number of para-hydroxylation sites is 1. The lowest BCUT2D eigenvalue weighted by atomic mass is 10.1. The van der Waals surface area contributed by atoms with Crippen LogP contribution in [-0.4, -0.2) is 40.0 Å². The number of halogens is 1. The lowest BCUT2D eigenvalue weighted by Gasteiger charge is -2.17. The number of aliphatic imine (C=N–C) groups is 1. The first-order chi connectivity index (χ1) is 15.9. The second kappa shape index (κ2) is 13.3. The summed E-state index contributed by atoms with van der Waals surface area (Å²) in [7, 11) is 0. The molecule has 3 rings (SSSR count). The minimum atomic E-state index is -0.686. The summed E-state index contributed by atoms with van der Waals surface area (Å²) in [4.78, 5) is 4.74. The predicted molar refractivity (Wildman–Crippen MR) is 148 cm³/mol. The fourth-order valence-corrected chi connectivity index (χ4v) is 3.60.